The van der Waals surface area contributed by atoms with Gasteiger partial charge in [-0.25, -0.2) is 4.99 Å². The van der Waals surface area contributed by atoms with Crippen molar-refractivity contribution in [3.63, 3.8) is 0 Å². The second-order valence-corrected chi connectivity index (χ2v) is 8.41. The molecule has 4 rings (SSSR count). The molecule has 1 heterocycles. The summed E-state index contributed by atoms with van der Waals surface area (Å²) >= 11 is 1.74. The molecule has 3 aliphatic rings. The number of amidine groups is 1. The van der Waals surface area contributed by atoms with Crippen LogP contribution in [0.2, 0.25) is 0 Å². The summed E-state index contributed by atoms with van der Waals surface area (Å²) in [4.78, 5) is 7.19. The third kappa shape index (κ3) is 3.29. The fourth-order valence-corrected chi connectivity index (χ4v) is 6.09. The number of nitrogens with zero attached hydrogens (tertiary/aromatic N) is 2. The molecule has 1 spiro atoms. The number of benzene rings is 1. The molecule has 2 saturated carbocycles. The minimum Gasteiger partial charge on any atom is -0.342 e. The van der Waals surface area contributed by atoms with Crippen molar-refractivity contribution in [3.8, 4) is 0 Å². The van der Waals surface area contributed by atoms with Crippen LogP contribution in [-0.4, -0.2) is 27.4 Å². The largest absolute Gasteiger partial charge is 0.416 e. The maximum Gasteiger partial charge on any atom is 0.416 e. The van der Waals surface area contributed by atoms with Gasteiger partial charge in [0.2, 0.25) is 0 Å². The average molecular weight is 368 g/mol. The molecule has 3 fully saturated rings. The van der Waals surface area contributed by atoms with Crippen LogP contribution in [0.25, 0.3) is 0 Å². The normalized spacial score (nSPS) is 25.6. The topological polar surface area (TPSA) is 15.6 Å². The lowest BCUT2D eigenvalue weighted by Crippen LogP contribution is -2.50. The van der Waals surface area contributed by atoms with E-state index in [1.807, 2.05) is 0 Å². The smallest absolute Gasteiger partial charge is 0.342 e. The lowest BCUT2D eigenvalue weighted by atomic mass is 9.95. The predicted molar refractivity (Wildman–Crippen MR) is 96.3 cm³/mol. The highest BCUT2D eigenvalue weighted by molar-refractivity contribution is 8.14. The van der Waals surface area contributed by atoms with Gasteiger partial charge in [-0.2, -0.15) is 13.2 Å². The number of thioether (sulfide) groups is 1. The van der Waals surface area contributed by atoms with Crippen LogP contribution >= 0.6 is 11.8 Å². The molecule has 136 valence electrons. The summed E-state index contributed by atoms with van der Waals surface area (Å²) in [5.41, 5.74) is -0.0177. The number of hydrogen-bond acceptors (Lipinski definition) is 2. The van der Waals surface area contributed by atoms with E-state index in [0.29, 0.717) is 11.7 Å². The molecular formula is C19H23F3N2S. The molecule has 1 saturated heterocycles. The van der Waals surface area contributed by atoms with Gasteiger partial charge in [0.15, 0.2) is 5.17 Å². The fraction of sp³-hybridized carbons (Fsp3) is 0.632. The van der Waals surface area contributed by atoms with Gasteiger partial charge in [-0.3, -0.25) is 0 Å². The Kier molecular flexibility index (Phi) is 4.50. The van der Waals surface area contributed by atoms with Gasteiger partial charge in [-0.1, -0.05) is 43.5 Å². The zero-order chi connectivity index (χ0) is 17.5. The number of alkyl halides is 3. The average Bonchev–Trinajstić information content (AvgIpc) is 3.30. The van der Waals surface area contributed by atoms with Gasteiger partial charge >= 0.3 is 6.18 Å². The van der Waals surface area contributed by atoms with Gasteiger partial charge in [-0.05, 0) is 43.9 Å². The Bertz CT molecular complexity index is 659. The highest BCUT2D eigenvalue weighted by Gasteiger charge is 2.49. The monoisotopic (exact) mass is 368 g/mol. The van der Waals surface area contributed by atoms with Gasteiger partial charge in [0.25, 0.3) is 0 Å². The second kappa shape index (κ2) is 6.53. The van der Waals surface area contributed by atoms with Crippen molar-refractivity contribution in [1.29, 1.82) is 0 Å². The summed E-state index contributed by atoms with van der Waals surface area (Å²) < 4.78 is 38.9. The third-order valence-corrected chi connectivity index (χ3v) is 7.04. The van der Waals surface area contributed by atoms with E-state index in [1.165, 1.54) is 63.5 Å². The van der Waals surface area contributed by atoms with Crippen molar-refractivity contribution in [1.82, 2.24) is 4.90 Å². The molecular weight excluding hydrogens is 345 g/mol. The molecule has 0 bridgehead atoms. The molecule has 2 aliphatic carbocycles. The maximum absolute atomic E-state index is 13.0. The van der Waals surface area contributed by atoms with Gasteiger partial charge in [0.1, 0.15) is 0 Å². The first-order chi connectivity index (χ1) is 12.0. The van der Waals surface area contributed by atoms with Crippen LogP contribution in [0, 0.1) is 0 Å². The van der Waals surface area contributed by atoms with Crippen LogP contribution in [0.3, 0.4) is 0 Å². The van der Waals surface area contributed by atoms with Gasteiger partial charge in [-0.15, -0.1) is 0 Å². The van der Waals surface area contributed by atoms with Crippen LogP contribution in [0.5, 0.6) is 0 Å². The molecule has 0 aromatic heterocycles. The van der Waals surface area contributed by atoms with E-state index in [9.17, 15) is 13.2 Å². The molecule has 1 aromatic carbocycles. The van der Waals surface area contributed by atoms with Gasteiger partial charge in [0, 0.05) is 11.8 Å². The molecule has 1 aromatic rings. The Hall–Kier alpha value is -1.17. The molecule has 0 radical (unpaired) electrons. The van der Waals surface area contributed by atoms with Crippen molar-refractivity contribution in [2.75, 3.05) is 5.75 Å². The number of hydrogen-bond donors (Lipinski definition) is 0. The standard InChI is InChI=1S/C19H23F3N2S/c20-19(21,22)14-6-5-7-15(12-14)23-17-24(16-8-1-2-9-16)18(13-25-17)10-3-4-11-18/h5-7,12,16H,1-4,8-11,13H2/b23-17+. The molecule has 6 heteroatoms. The van der Waals surface area contributed by atoms with Crippen LogP contribution in [0.4, 0.5) is 18.9 Å². The highest BCUT2D eigenvalue weighted by atomic mass is 32.2. The maximum atomic E-state index is 13.0. The van der Waals surface area contributed by atoms with Gasteiger partial charge in [0.05, 0.1) is 16.8 Å². The number of aliphatic imine (C=N–C) groups is 1. The summed E-state index contributed by atoms with van der Waals surface area (Å²) in [6.45, 7) is 0. The highest BCUT2D eigenvalue weighted by Crippen LogP contribution is 2.48. The van der Waals surface area contributed by atoms with E-state index >= 15 is 0 Å². The third-order valence-electron chi connectivity index (χ3n) is 5.81. The van der Waals surface area contributed by atoms with Crippen LogP contribution < -0.4 is 0 Å². The number of rotatable bonds is 2. The lowest BCUT2D eigenvalue weighted by Gasteiger charge is -2.40. The minimum atomic E-state index is -4.32. The fourth-order valence-electron chi connectivity index (χ4n) is 4.61. The number of halogens is 3. The van der Waals surface area contributed by atoms with Crippen LogP contribution in [0.1, 0.15) is 56.9 Å². The molecule has 25 heavy (non-hydrogen) atoms. The first-order valence-electron chi connectivity index (χ1n) is 9.16. The van der Waals surface area contributed by atoms with Crippen molar-refractivity contribution in [3.05, 3.63) is 29.8 Å². The van der Waals surface area contributed by atoms with E-state index < -0.39 is 11.7 Å². The molecule has 2 nitrogen and oxygen atoms in total. The zero-order valence-corrected chi connectivity index (χ0v) is 15.0. The quantitative estimate of drug-likeness (QED) is 0.636. The Morgan fingerprint density at radius 1 is 1.08 bits per heavy atom. The SMILES string of the molecule is FC(F)(F)c1cccc(/N=C2/SCC3(CCCC3)N2C2CCCC2)c1. The lowest BCUT2D eigenvalue weighted by molar-refractivity contribution is -0.137. The first kappa shape index (κ1) is 17.3. The predicted octanol–water partition coefficient (Wildman–Crippen LogP) is 6.00. The molecule has 0 atom stereocenters. The Morgan fingerprint density at radius 2 is 1.80 bits per heavy atom. The van der Waals surface area contributed by atoms with Crippen LogP contribution in [-0.2, 0) is 6.18 Å². The van der Waals surface area contributed by atoms with E-state index in [0.717, 1.165) is 17.0 Å². The summed E-state index contributed by atoms with van der Waals surface area (Å²) in [7, 11) is 0. The summed E-state index contributed by atoms with van der Waals surface area (Å²) in [6.07, 6.45) is 5.43. The Morgan fingerprint density at radius 3 is 2.48 bits per heavy atom. The minimum absolute atomic E-state index is 0.195. The van der Waals surface area contributed by atoms with E-state index in [-0.39, 0.29) is 5.54 Å². The molecule has 0 unspecified atom stereocenters. The second-order valence-electron chi connectivity index (χ2n) is 7.47. The van der Waals surface area contributed by atoms with Crippen LogP contribution in [0.15, 0.2) is 29.3 Å². The Labute approximate surface area is 150 Å². The summed E-state index contributed by atoms with van der Waals surface area (Å²) in [6, 6.07) is 5.92. The molecule has 0 amide bonds. The van der Waals surface area contributed by atoms with Crippen molar-refractivity contribution in [2.45, 2.75) is 69.1 Å². The molecule has 1 aliphatic heterocycles. The zero-order valence-electron chi connectivity index (χ0n) is 14.2. The summed E-state index contributed by atoms with van der Waals surface area (Å²) in [5.74, 6) is 1.03. The van der Waals surface area contributed by atoms with Crippen molar-refractivity contribution < 1.29 is 13.2 Å². The van der Waals surface area contributed by atoms with Gasteiger partial charge < -0.3 is 4.90 Å². The van der Waals surface area contributed by atoms with Crippen molar-refractivity contribution in [2.24, 2.45) is 4.99 Å². The van der Waals surface area contributed by atoms with E-state index in [1.54, 1.807) is 17.8 Å². The Balaban J connectivity index is 1.67. The van der Waals surface area contributed by atoms with E-state index in [2.05, 4.69) is 9.89 Å². The van der Waals surface area contributed by atoms with Crippen molar-refractivity contribution >= 4 is 22.6 Å². The summed E-state index contributed by atoms with van der Waals surface area (Å²) in [5, 5.41) is 0.938. The first-order valence-corrected chi connectivity index (χ1v) is 10.1. The van der Waals surface area contributed by atoms with E-state index in [4.69, 9.17) is 0 Å². The molecule has 0 N–H and O–H groups in total.